The number of H-pyrrole nitrogens is 1. The standard InChI is InChI=1S/C13H14N4O3S/c1-8-11-6-10(2-3-12(11)16-13(8)18)21(19,20)15-7-9-4-5-14-17-9/h2-6,8,15H,7H2,1H3,(H,14,17)(H,16,18). The molecule has 0 fully saturated rings. The lowest BCUT2D eigenvalue weighted by Crippen LogP contribution is -2.23. The number of amides is 1. The molecular weight excluding hydrogens is 292 g/mol. The van der Waals surface area contributed by atoms with Crippen molar-refractivity contribution in [2.75, 3.05) is 5.32 Å². The minimum absolute atomic E-state index is 0.120. The van der Waals surface area contributed by atoms with Crippen molar-refractivity contribution in [2.45, 2.75) is 24.3 Å². The summed E-state index contributed by atoms with van der Waals surface area (Å²) < 4.78 is 27.0. The van der Waals surface area contributed by atoms with Crippen LogP contribution in [0.15, 0.2) is 35.4 Å². The van der Waals surface area contributed by atoms with E-state index in [0.717, 1.165) is 0 Å². The van der Waals surface area contributed by atoms with Crippen molar-refractivity contribution in [3.63, 3.8) is 0 Å². The van der Waals surface area contributed by atoms with Gasteiger partial charge in [-0.25, -0.2) is 13.1 Å². The molecule has 7 nitrogen and oxygen atoms in total. The molecule has 3 N–H and O–H groups in total. The minimum atomic E-state index is -3.64. The average molecular weight is 306 g/mol. The van der Waals surface area contributed by atoms with Crippen molar-refractivity contribution in [3.05, 3.63) is 41.7 Å². The van der Waals surface area contributed by atoms with Crippen molar-refractivity contribution in [3.8, 4) is 0 Å². The van der Waals surface area contributed by atoms with Gasteiger partial charge in [-0.2, -0.15) is 5.10 Å². The zero-order valence-corrected chi connectivity index (χ0v) is 12.1. The summed E-state index contributed by atoms with van der Waals surface area (Å²) in [6, 6.07) is 6.32. The number of fused-ring (bicyclic) bond motifs is 1. The number of hydrogen-bond donors (Lipinski definition) is 3. The van der Waals surface area contributed by atoms with Gasteiger partial charge in [0.25, 0.3) is 0 Å². The number of carbonyl (C=O) groups is 1. The third-order valence-corrected chi connectivity index (χ3v) is 4.86. The molecule has 0 saturated heterocycles. The lowest BCUT2D eigenvalue weighted by Gasteiger charge is -2.08. The topological polar surface area (TPSA) is 104 Å². The molecular formula is C13H14N4O3S. The first kappa shape index (κ1) is 13.8. The molecule has 1 aliphatic rings. The first-order valence-corrected chi connectivity index (χ1v) is 7.88. The van der Waals surface area contributed by atoms with Gasteiger partial charge in [-0.1, -0.05) is 0 Å². The molecule has 21 heavy (non-hydrogen) atoms. The number of aromatic nitrogens is 2. The minimum Gasteiger partial charge on any atom is -0.325 e. The van der Waals surface area contributed by atoms with Crippen LogP contribution in [-0.2, 0) is 21.4 Å². The molecule has 8 heteroatoms. The van der Waals surface area contributed by atoms with Crippen LogP contribution in [0.2, 0.25) is 0 Å². The molecule has 0 radical (unpaired) electrons. The Hall–Kier alpha value is -2.19. The number of benzene rings is 1. The molecule has 2 aromatic rings. The summed E-state index contributed by atoms with van der Waals surface area (Å²) in [6.45, 7) is 1.88. The van der Waals surface area contributed by atoms with Crippen molar-refractivity contribution >= 4 is 21.6 Å². The number of aromatic amines is 1. The Kier molecular flexibility index (Phi) is 3.26. The van der Waals surface area contributed by atoms with E-state index >= 15 is 0 Å². The van der Waals surface area contributed by atoms with Crippen LogP contribution in [0.3, 0.4) is 0 Å². The maximum atomic E-state index is 12.3. The van der Waals surface area contributed by atoms with E-state index in [1.807, 2.05) is 0 Å². The number of hydrogen-bond acceptors (Lipinski definition) is 4. The van der Waals surface area contributed by atoms with Crippen LogP contribution in [0.1, 0.15) is 24.1 Å². The Morgan fingerprint density at radius 1 is 1.33 bits per heavy atom. The summed E-state index contributed by atoms with van der Waals surface area (Å²) in [5.41, 5.74) is 2.04. The summed E-state index contributed by atoms with van der Waals surface area (Å²) >= 11 is 0. The fourth-order valence-electron chi connectivity index (χ4n) is 2.20. The highest BCUT2D eigenvalue weighted by atomic mass is 32.2. The van der Waals surface area contributed by atoms with Gasteiger partial charge in [0.15, 0.2) is 0 Å². The predicted octanol–water partition coefficient (Wildman–Crippen LogP) is 0.944. The van der Waals surface area contributed by atoms with E-state index in [1.54, 1.807) is 25.3 Å². The van der Waals surface area contributed by atoms with E-state index < -0.39 is 10.0 Å². The smallest absolute Gasteiger partial charge is 0.240 e. The molecule has 1 aromatic carbocycles. The van der Waals surface area contributed by atoms with Crippen LogP contribution in [0, 0.1) is 0 Å². The number of anilines is 1. The van der Waals surface area contributed by atoms with Gasteiger partial charge < -0.3 is 5.32 Å². The largest absolute Gasteiger partial charge is 0.325 e. The SMILES string of the molecule is CC1C(=O)Nc2ccc(S(=O)(=O)NCc3ccn[nH]3)cc21. The van der Waals surface area contributed by atoms with Gasteiger partial charge in [0.1, 0.15) is 0 Å². The van der Waals surface area contributed by atoms with E-state index in [1.165, 1.54) is 12.1 Å². The summed E-state index contributed by atoms with van der Waals surface area (Å²) in [4.78, 5) is 11.7. The molecule has 3 rings (SSSR count). The lowest BCUT2D eigenvalue weighted by molar-refractivity contribution is -0.116. The second kappa shape index (κ2) is 4.97. The number of nitrogens with zero attached hydrogens (tertiary/aromatic N) is 1. The highest BCUT2D eigenvalue weighted by Gasteiger charge is 2.28. The van der Waals surface area contributed by atoms with Crippen molar-refractivity contribution in [1.82, 2.24) is 14.9 Å². The van der Waals surface area contributed by atoms with E-state index in [9.17, 15) is 13.2 Å². The summed E-state index contributed by atoms with van der Waals surface area (Å²) in [7, 11) is -3.64. The Morgan fingerprint density at radius 2 is 2.14 bits per heavy atom. The molecule has 0 saturated carbocycles. The molecule has 2 heterocycles. The van der Waals surface area contributed by atoms with Crippen molar-refractivity contribution in [1.29, 1.82) is 0 Å². The molecule has 1 amide bonds. The number of sulfonamides is 1. The molecule has 1 atom stereocenters. The first-order chi connectivity index (χ1) is 9.97. The lowest BCUT2D eigenvalue weighted by atomic mass is 10.0. The van der Waals surface area contributed by atoms with Crippen LogP contribution >= 0.6 is 0 Å². The van der Waals surface area contributed by atoms with Crippen LogP contribution in [-0.4, -0.2) is 24.5 Å². The van der Waals surface area contributed by atoms with E-state index in [0.29, 0.717) is 16.9 Å². The van der Waals surface area contributed by atoms with Crippen LogP contribution < -0.4 is 10.0 Å². The van der Waals surface area contributed by atoms with Gasteiger partial charge in [0, 0.05) is 11.9 Å². The van der Waals surface area contributed by atoms with Crippen molar-refractivity contribution < 1.29 is 13.2 Å². The molecule has 0 spiro atoms. The molecule has 1 aromatic heterocycles. The Balaban J connectivity index is 1.85. The Labute approximate surface area is 121 Å². The zero-order valence-electron chi connectivity index (χ0n) is 11.3. The second-order valence-electron chi connectivity index (χ2n) is 4.87. The highest BCUT2D eigenvalue weighted by Crippen LogP contribution is 2.33. The van der Waals surface area contributed by atoms with Crippen LogP contribution in [0.4, 0.5) is 5.69 Å². The summed E-state index contributed by atoms with van der Waals surface area (Å²) in [5.74, 6) is -0.465. The average Bonchev–Trinajstić information content (AvgIpc) is 3.06. The third-order valence-electron chi connectivity index (χ3n) is 3.46. The van der Waals surface area contributed by atoms with E-state index in [-0.39, 0.29) is 23.3 Å². The second-order valence-corrected chi connectivity index (χ2v) is 6.63. The van der Waals surface area contributed by atoms with Gasteiger partial charge in [0.05, 0.1) is 23.1 Å². The van der Waals surface area contributed by atoms with Crippen molar-refractivity contribution in [2.24, 2.45) is 0 Å². The maximum absolute atomic E-state index is 12.3. The summed E-state index contributed by atoms with van der Waals surface area (Å²) in [5, 5.41) is 9.15. The fraction of sp³-hybridized carbons (Fsp3) is 0.231. The van der Waals surface area contributed by atoms with E-state index in [2.05, 4.69) is 20.2 Å². The van der Waals surface area contributed by atoms with Gasteiger partial charge in [-0.05, 0) is 36.8 Å². The van der Waals surface area contributed by atoms with Gasteiger partial charge >= 0.3 is 0 Å². The van der Waals surface area contributed by atoms with Crippen LogP contribution in [0.5, 0.6) is 0 Å². The fourth-order valence-corrected chi connectivity index (χ4v) is 3.24. The van der Waals surface area contributed by atoms with Gasteiger partial charge in [-0.3, -0.25) is 9.89 Å². The first-order valence-electron chi connectivity index (χ1n) is 6.40. The zero-order chi connectivity index (χ0) is 15.0. The highest BCUT2D eigenvalue weighted by molar-refractivity contribution is 7.89. The monoisotopic (exact) mass is 306 g/mol. The van der Waals surface area contributed by atoms with E-state index in [4.69, 9.17) is 0 Å². The molecule has 110 valence electrons. The Morgan fingerprint density at radius 3 is 2.86 bits per heavy atom. The quantitative estimate of drug-likeness (QED) is 0.782. The molecule has 1 unspecified atom stereocenters. The van der Waals surface area contributed by atoms with Gasteiger partial charge in [0.2, 0.25) is 15.9 Å². The third kappa shape index (κ3) is 2.55. The molecule has 1 aliphatic heterocycles. The predicted molar refractivity (Wildman–Crippen MR) is 76.1 cm³/mol. The van der Waals surface area contributed by atoms with Gasteiger partial charge in [-0.15, -0.1) is 0 Å². The number of nitrogens with one attached hydrogen (secondary N) is 3. The summed E-state index contributed by atoms with van der Waals surface area (Å²) in [6.07, 6.45) is 1.55. The number of carbonyl (C=O) groups excluding carboxylic acids is 1. The molecule has 0 aliphatic carbocycles. The maximum Gasteiger partial charge on any atom is 0.240 e. The number of rotatable bonds is 4. The molecule has 0 bridgehead atoms. The Bertz CT molecular complexity index is 784. The normalized spacial score (nSPS) is 17.6. The van der Waals surface area contributed by atoms with Crippen LogP contribution in [0.25, 0.3) is 0 Å².